The van der Waals surface area contributed by atoms with Crippen LogP contribution >= 0.6 is 0 Å². The predicted molar refractivity (Wildman–Crippen MR) is 161 cm³/mol. The lowest BCUT2D eigenvalue weighted by molar-refractivity contribution is -0.127. The summed E-state index contributed by atoms with van der Waals surface area (Å²) < 4.78 is 5.62. The van der Waals surface area contributed by atoms with Crippen molar-refractivity contribution < 1.29 is 19.1 Å². The molecule has 41 heavy (non-hydrogen) atoms. The van der Waals surface area contributed by atoms with Crippen LogP contribution in [0, 0.1) is 6.92 Å². The second kappa shape index (κ2) is 15.0. The van der Waals surface area contributed by atoms with Crippen LogP contribution in [0.4, 0.5) is 11.5 Å². The zero-order valence-corrected chi connectivity index (χ0v) is 24.0. The number of aromatic nitrogens is 1. The highest BCUT2D eigenvalue weighted by atomic mass is 16.5. The number of rotatable bonds is 12. The molecule has 3 amide bonds. The largest absolute Gasteiger partial charge is 0.494 e. The highest BCUT2D eigenvalue weighted by Gasteiger charge is 2.34. The molecule has 0 bridgehead atoms. The van der Waals surface area contributed by atoms with Crippen molar-refractivity contribution in [1.82, 2.24) is 10.3 Å². The van der Waals surface area contributed by atoms with Gasteiger partial charge in [-0.25, -0.2) is 4.98 Å². The first-order chi connectivity index (χ1) is 19.9. The van der Waals surface area contributed by atoms with Crippen LogP contribution in [0.25, 0.3) is 0 Å². The van der Waals surface area contributed by atoms with E-state index in [-0.39, 0.29) is 36.6 Å². The molecule has 1 aromatic heterocycles. The van der Waals surface area contributed by atoms with E-state index in [2.05, 4.69) is 15.6 Å². The van der Waals surface area contributed by atoms with Gasteiger partial charge >= 0.3 is 0 Å². The summed E-state index contributed by atoms with van der Waals surface area (Å²) in [5.74, 6) is 0.515. The smallest absolute Gasteiger partial charge is 0.248 e. The first-order valence-corrected chi connectivity index (χ1v) is 14.6. The normalized spacial score (nSPS) is 14.1. The Labute approximate surface area is 242 Å². The lowest BCUT2D eigenvalue weighted by atomic mass is 9.94. The Kier molecular flexibility index (Phi) is 10.9. The first kappa shape index (κ1) is 29.8. The summed E-state index contributed by atoms with van der Waals surface area (Å²) in [7, 11) is 0. The molecule has 216 valence electrons. The van der Waals surface area contributed by atoms with E-state index in [0.717, 1.165) is 36.8 Å². The molecule has 2 N–H and O–H groups in total. The van der Waals surface area contributed by atoms with Crippen molar-refractivity contribution in [3.8, 4) is 5.75 Å². The van der Waals surface area contributed by atoms with Crippen molar-refractivity contribution in [2.75, 3.05) is 16.8 Å². The highest BCUT2D eigenvalue weighted by Crippen LogP contribution is 2.31. The van der Waals surface area contributed by atoms with Crippen LogP contribution in [0.5, 0.6) is 5.75 Å². The van der Waals surface area contributed by atoms with E-state index in [9.17, 15) is 14.4 Å². The fraction of sp³-hybridized carbons (Fsp3) is 0.394. The van der Waals surface area contributed by atoms with Crippen LogP contribution in [0.15, 0.2) is 72.9 Å². The van der Waals surface area contributed by atoms with Crippen LogP contribution in [-0.2, 0) is 14.4 Å². The summed E-state index contributed by atoms with van der Waals surface area (Å²) in [5.41, 5.74) is 2.40. The molecule has 0 radical (unpaired) electrons. The lowest BCUT2D eigenvalue weighted by Crippen LogP contribution is -2.47. The van der Waals surface area contributed by atoms with Crippen LogP contribution in [0.3, 0.4) is 0 Å². The predicted octanol–water partition coefficient (Wildman–Crippen LogP) is 6.12. The van der Waals surface area contributed by atoms with Gasteiger partial charge in [-0.1, -0.05) is 55.2 Å². The van der Waals surface area contributed by atoms with Crippen molar-refractivity contribution in [3.63, 3.8) is 0 Å². The Morgan fingerprint density at radius 3 is 2.34 bits per heavy atom. The fourth-order valence-corrected chi connectivity index (χ4v) is 5.16. The van der Waals surface area contributed by atoms with Gasteiger partial charge in [0.1, 0.15) is 17.6 Å². The molecule has 8 heteroatoms. The van der Waals surface area contributed by atoms with Crippen molar-refractivity contribution in [3.05, 3.63) is 84.1 Å². The average Bonchev–Trinajstić information content (AvgIpc) is 2.98. The number of nitrogens with one attached hydrogen (secondary N) is 2. The summed E-state index contributed by atoms with van der Waals surface area (Å²) in [6.45, 7) is 4.43. The minimum absolute atomic E-state index is 0.0942. The van der Waals surface area contributed by atoms with Gasteiger partial charge in [-0.3, -0.25) is 19.3 Å². The number of hydrogen-bond donors (Lipinski definition) is 2. The van der Waals surface area contributed by atoms with Crippen molar-refractivity contribution in [1.29, 1.82) is 0 Å². The summed E-state index contributed by atoms with van der Waals surface area (Å²) in [5, 5.41) is 6.00. The Balaban J connectivity index is 1.58. The monoisotopic (exact) mass is 556 g/mol. The van der Waals surface area contributed by atoms with Gasteiger partial charge < -0.3 is 15.4 Å². The molecule has 2 aromatic carbocycles. The third-order valence-corrected chi connectivity index (χ3v) is 7.27. The van der Waals surface area contributed by atoms with E-state index in [4.69, 9.17) is 4.74 Å². The molecule has 8 nitrogen and oxygen atoms in total. The molecule has 0 saturated heterocycles. The maximum absolute atomic E-state index is 14.0. The molecule has 0 unspecified atom stereocenters. The molecule has 1 saturated carbocycles. The van der Waals surface area contributed by atoms with E-state index in [1.54, 1.807) is 29.3 Å². The molecule has 1 aliphatic carbocycles. The van der Waals surface area contributed by atoms with E-state index < -0.39 is 6.04 Å². The van der Waals surface area contributed by atoms with Crippen molar-refractivity contribution in [2.24, 2.45) is 0 Å². The van der Waals surface area contributed by atoms with Gasteiger partial charge in [0.25, 0.3) is 0 Å². The standard InChI is InChI=1S/C33H40N4O4/c1-3-41-28-21-19-27(20-22-28)37(31(39)14-9-13-30(38)36-29-12-7-8-23-34-29)32(25-17-15-24(2)16-18-25)33(40)35-26-10-5-4-6-11-26/h7-8,12,15-23,26,32H,3-6,9-11,13-14H2,1-2H3,(H,35,40)(H,34,36,38)/t32-/m1/s1. The van der Waals surface area contributed by atoms with Gasteiger partial charge in [-0.2, -0.15) is 0 Å². The van der Waals surface area contributed by atoms with E-state index >= 15 is 0 Å². The SMILES string of the molecule is CCOc1ccc(N(C(=O)CCCC(=O)Nc2ccccn2)[C@@H](C(=O)NC2CCCCC2)c2ccc(C)cc2)cc1. The topological polar surface area (TPSA) is 101 Å². The molecule has 0 spiro atoms. The number of benzene rings is 2. The van der Waals surface area contributed by atoms with Crippen LogP contribution < -0.4 is 20.3 Å². The molecule has 4 rings (SSSR count). The van der Waals surface area contributed by atoms with Gasteiger partial charge in [-0.05, 0) is 75.1 Å². The lowest BCUT2D eigenvalue weighted by Gasteiger charge is -2.33. The third-order valence-electron chi connectivity index (χ3n) is 7.27. The molecular formula is C33H40N4O4. The second-order valence-electron chi connectivity index (χ2n) is 10.5. The Morgan fingerprint density at radius 1 is 0.951 bits per heavy atom. The van der Waals surface area contributed by atoms with Crippen LogP contribution in [0.2, 0.25) is 0 Å². The second-order valence-corrected chi connectivity index (χ2v) is 10.5. The number of anilines is 2. The zero-order valence-electron chi connectivity index (χ0n) is 24.0. The van der Waals surface area contributed by atoms with Gasteiger partial charge in [0.2, 0.25) is 17.7 Å². The van der Waals surface area contributed by atoms with Gasteiger partial charge in [0, 0.05) is 30.8 Å². The first-order valence-electron chi connectivity index (χ1n) is 14.6. The molecule has 1 aliphatic rings. The molecule has 1 fully saturated rings. The minimum atomic E-state index is -0.856. The van der Waals surface area contributed by atoms with Gasteiger partial charge in [0.15, 0.2) is 0 Å². The van der Waals surface area contributed by atoms with E-state index in [1.807, 2.05) is 62.4 Å². The van der Waals surface area contributed by atoms with E-state index in [0.29, 0.717) is 30.3 Å². The summed E-state index contributed by atoms with van der Waals surface area (Å²) >= 11 is 0. The van der Waals surface area contributed by atoms with Crippen LogP contribution in [0.1, 0.15) is 75.5 Å². The Bertz CT molecular complexity index is 1270. The summed E-state index contributed by atoms with van der Waals surface area (Å²) in [6, 6.07) is 19.5. The molecule has 0 aliphatic heterocycles. The maximum atomic E-state index is 14.0. The van der Waals surface area contributed by atoms with Crippen molar-refractivity contribution in [2.45, 2.75) is 77.3 Å². The number of pyridine rings is 1. The molecule has 3 aromatic rings. The number of carbonyl (C=O) groups is 3. The Hall–Kier alpha value is -4.20. The molecular weight excluding hydrogens is 516 g/mol. The number of aryl methyl sites for hydroxylation is 1. The summed E-state index contributed by atoms with van der Waals surface area (Å²) in [6.07, 6.45) is 7.42. The van der Waals surface area contributed by atoms with Gasteiger partial charge in [0.05, 0.1) is 6.61 Å². The number of ether oxygens (including phenoxy) is 1. The number of hydrogen-bond acceptors (Lipinski definition) is 5. The highest BCUT2D eigenvalue weighted by molar-refractivity contribution is 6.01. The Morgan fingerprint density at radius 2 is 1.68 bits per heavy atom. The number of carbonyl (C=O) groups excluding carboxylic acids is 3. The zero-order chi connectivity index (χ0) is 29.0. The van der Waals surface area contributed by atoms with Crippen LogP contribution in [-0.4, -0.2) is 35.4 Å². The summed E-state index contributed by atoms with van der Waals surface area (Å²) in [4.78, 5) is 46.1. The average molecular weight is 557 g/mol. The number of amides is 3. The van der Waals surface area contributed by atoms with E-state index in [1.165, 1.54) is 6.42 Å². The van der Waals surface area contributed by atoms with Gasteiger partial charge in [-0.15, -0.1) is 0 Å². The molecule has 1 heterocycles. The minimum Gasteiger partial charge on any atom is -0.494 e. The number of nitrogens with zero attached hydrogens (tertiary/aromatic N) is 2. The van der Waals surface area contributed by atoms with Crippen molar-refractivity contribution >= 4 is 29.2 Å². The quantitative estimate of drug-likeness (QED) is 0.280. The molecule has 1 atom stereocenters. The maximum Gasteiger partial charge on any atom is 0.248 e. The fourth-order valence-electron chi connectivity index (χ4n) is 5.16. The third kappa shape index (κ3) is 8.64.